The second-order valence-corrected chi connectivity index (χ2v) is 12.1. The van der Waals surface area contributed by atoms with Gasteiger partial charge in [0, 0.05) is 26.1 Å². The van der Waals surface area contributed by atoms with Crippen LogP contribution in [-0.2, 0) is 39.0 Å². The Balaban J connectivity index is 1.54. The number of carbonyl (C=O) groups excluding carboxylic acids is 2. The van der Waals surface area contributed by atoms with Gasteiger partial charge in [-0.15, -0.1) is 0 Å². The first kappa shape index (κ1) is 32.4. The lowest BCUT2D eigenvalue weighted by Crippen LogP contribution is -2.44. The van der Waals surface area contributed by atoms with Gasteiger partial charge in [-0.1, -0.05) is 91.9 Å². The van der Waals surface area contributed by atoms with Crippen LogP contribution >= 0.6 is 0 Å². The van der Waals surface area contributed by atoms with Crippen molar-refractivity contribution in [2.75, 3.05) is 20.2 Å². The van der Waals surface area contributed by atoms with E-state index in [4.69, 9.17) is 4.74 Å². The monoisotopic (exact) mass is 613 g/mol. The second-order valence-electron chi connectivity index (χ2n) is 10.4. The molecule has 0 fully saturated rings. The van der Waals surface area contributed by atoms with Gasteiger partial charge >= 0.3 is 0 Å². The lowest BCUT2D eigenvalue weighted by Gasteiger charge is -2.32. The number of hydrogen-bond acceptors (Lipinski definition) is 5. The van der Waals surface area contributed by atoms with Gasteiger partial charge in [0.15, 0.2) is 0 Å². The van der Waals surface area contributed by atoms with Crippen molar-refractivity contribution >= 4 is 21.8 Å². The van der Waals surface area contributed by atoms with Crippen LogP contribution in [0.3, 0.4) is 0 Å². The van der Waals surface area contributed by atoms with Gasteiger partial charge in [0.2, 0.25) is 21.8 Å². The van der Waals surface area contributed by atoms with Crippen LogP contribution in [0.15, 0.2) is 114 Å². The highest BCUT2D eigenvalue weighted by atomic mass is 32.2. The van der Waals surface area contributed by atoms with Crippen LogP contribution in [0, 0.1) is 0 Å². The predicted octanol–water partition coefficient (Wildman–Crippen LogP) is 5.06. The number of nitrogens with one attached hydrogen (secondary N) is 2. The molecule has 2 N–H and O–H groups in total. The predicted molar refractivity (Wildman–Crippen MR) is 172 cm³/mol. The molecule has 0 heterocycles. The van der Waals surface area contributed by atoms with Gasteiger partial charge < -0.3 is 15.0 Å². The van der Waals surface area contributed by atoms with Gasteiger partial charge in [-0.3, -0.25) is 9.59 Å². The molecule has 0 aliphatic rings. The molecular weight excluding hydrogens is 574 g/mol. The summed E-state index contributed by atoms with van der Waals surface area (Å²) in [5.74, 6) is 0.329. The molecule has 0 bridgehead atoms. The standard InChI is InChI=1S/C35H39N3O5S/c1-3-37-44(41,42)32-21-16-27(17-22-32)18-23-33(39)38(26-29-10-6-4-7-11-29)34(30-12-8-5-9-13-30)35(40)36-25-24-28-14-19-31(43-2)20-15-28/h4-17,19-22,34,37H,3,18,23-26H2,1-2H3,(H,36,40)/t34-/m0/s1. The molecule has 0 unspecified atom stereocenters. The molecule has 0 aliphatic heterocycles. The highest BCUT2D eigenvalue weighted by Gasteiger charge is 2.31. The molecule has 1 atom stereocenters. The zero-order valence-electron chi connectivity index (χ0n) is 25.1. The van der Waals surface area contributed by atoms with E-state index in [9.17, 15) is 18.0 Å². The Bertz CT molecular complexity index is 1590. The van der Waals surface area contributed by atoms with Crippen LogP contribution in [0.25, 0.3) is 0 Å². The summed E-state index contributed by atoms with van der Waals surface area (Å²) in [4.78, 5) is 29.6. The fraction of sp³-hybridized carbons (Fsp3) is 0.257. The van der Waals surface area contributed by atoms with Crippen LogP contribution < -0.4 is 14.8 Å². The molecule has 9 heteroatoms. The Morgan fingerprint density at radius 3 is 1.98 bits per heavy atom. The zero-order valence-corrected chi connectivity index (χ0v) is 25.9. The van der Waals surface area contributed by atoms with Crippen molar-refractivity contribution in [3.8, 4) is 5.75 Å². The van der Waals surface area contributed by atoms with E-state index in [-0.39, 0.29) is 29.7 Å². The average molecular weight is 614 g/mol. The highest BCUT2D eigenvalue weighted by molar-refractivity contribution is 7.89. The lowest BCUT2D eigenvalue weighted by molar-refractivity contribution is -0.141. The zero-order chi connectivity index (χ0) is 31.4. The molecule has 44 heavy (non-hydrogen) atoms. The van der Waals surface area contributed by atoms with E-state index < -0.39 is 16.1 Å². The summed E-state index contributed by atoms with van der Waals surface area (Å²) >= 11 is 0. The van der Waals surface area contributed by atoms with E-state index >= 15 is 0 Å². The molecule has 4 aromatic carbocycles. The third kappa shape index (κ3) is 9.02. The lowest BCUT2D eigenvalue weighted by atomic mass is 10.0. The van der Waals surface area contributed by atoms with Crippen molar-refractivity contribution in [2.45, 2.75) is 43.7 Å². The van der Waals surface area contributed by atoms with Gasteiger partial charge in [0.25, 0.3) is 0 Å². The number of carbonyl (C=O) groups is 2. The van der Waals surface area contributed by atoms with E-state index in [1.807, 2.05) is 84.9 Å². The molecule has 0 aromatic heterocycles. The van der Waals surface area contributed by atoms with Crippen LogP contribution in [-0.4, -0.2) is 45.3 Å². The summed E-state index contributed by atoms with van der Waals surface area (Å²) in [6.07, 6.45) is 1.17. The molecule has 0 saturated heterocycles. The molecule has 2 amide bonds. The van der Waals surface area contributed by atoms with E-state index in [1.165, 1.54) is 0 Å². The number of amides is 2. The number of methoxy groups -OCH3 is 1. The fourth-order valence-electron chi connectivity index (χ4n) is 4.93. The molecule has 0 aliphatic carbocycles. The maximum absolute atomic E-state index is 13.9. The molecular formula is C35H39N3O5S. The van der Waals surface area contributed by atoms with Crippen LogP contribution in [0.2, 0.25) is 0 Å². The van der Waals surface area contributed by atoms with Crippen molar-refractivity contribution in [2.24, 2.45) is 0 Å². The summed E-state index contributed by atoms with van der Waals surface area (Å²) in [7, 11) is -1.94. The fourth-order valence-corrected chi connectivity index (χ4v) is 5.98. The molecule has 0 spiro atoms. The van der Waals surface area contributed by atoms with E-state index in [1.54, 1.807) is 43.2 Å². The maximum Gasteiger partial charge on any atom is 0.247 e. The Morgan fingerprint density at radius 1 is 0.773 bits per heavy atom. The number of nitrogens with zero attached hydrogens (tertiary/aromatic N) is 1. The summed E-state index contributed by atoms with van der Waals surface area (Å²) < 4.78 is 32.3. The minimum atomic E-state index is -3.56. The first-order valence-electron chi connectivity index (χ1n) is 14.7. The van der Waals surface area contributed by atoms with Gasteiger partial charge in [-0.2, -0.15) is 0 Å². The van der Waals surface area contributed by atoms with Crippen molar-refractivity contribution in [1.29, 1.82) is 0 Å². The number of benzene rings is 4. The molecule has 0 radical (unpaired) electrons. The van der Waals surface area contributed by atoms with Crippen molar-refractivity contribution in [3.63, 3.8) is 0 Å². The third-order valence-electron chi connectivity index (χ3n) is 7.26. The minimum Gasteiger partial charge on any atom is -0.497 e. The summed E-state index contributed by atoms with van der Waals surface area (Å²) in [5.41, 5.74) is 3.51. The molecule has 230 valence electrons. The first-order chi connectivity index (χ1) is 21.3. The van der Waals surface area contributed by atoms with Gasteiger partial charge in [0.1, 0.15) is 11.8 Å². The minimum absolute atomic E-state index is 0.147. The first-order valence-corrected chi connectivity index (χ1v) is 16.2. The van der Waals surface area contributed by atoms with E-state index in [0.29, 0.717) is 25.9 Å². The Labute approximate surface area is 260 Å². The van der Waals surface area contributed by atoms with E-state index in [0.717, 1.165) is 28.0 Å². The molecule has 4 aromatic rings. The molecule has 4 rings (SSSR count). The highest BCUT2D eigenvalue weighted by Crippen LogP contribution is 2.25. The topological polar surface area (TPSA) is 105 Å². The summed E-state index contributed by atoms with van der Waals surface area (Å²) in [6, 6.07) is 32.3. The molecule has 8 nitrogen and oxygen atoms in total. The van der Waals surface area contributed by atoms with Crippen LogP contribution in [0.4, 0.5) is 0 Å². The number of ether oxygens (including phenoxy) is 1. The summed E-state index contributed by atoms with van der Waals surface area (Å²) in [6.45, 7) is 2.69. The number of rotatable bonds is 15. The summed E-state index contributed by atoms with van der Waals surface area (Å²) in [5, 5.41) is 3.06. The number of sulfonamides is 1. The molecule has 0 saturated carbocycles. The van der Waals surface area contributed by atoms with Crippen molar-refractivity contribution in [1.82, 2.24) is 14.9 Å². The van der Waals surface area contributed by atoms with Crippen molar-refractivity contribution in [3.05, 3.63) is 131 Å². The van der Waals surface area contributed by atoms with Gasteiger partial charge in [-0.05, 0) is 59.4 Å². The van der Waals surface area contributed by atoms with Gasteiger partial charge in [-0.25, -0.2) is 13.1 Å². The quantitative estimate of drug-likeness (QED) is 0.195. The second kappa shape index (κ2) is 15.8. The third-order valence-corrected chi connectivity index (χ3v) is 8.82. The average Bonchev–Trinajstić information content (AvgIpc) is 3.05. The Kier molecular flexibility index (Phi) is 11.7. The maximum atomic E-state index is 13.9. The van der Waals surface area contributed by atoms with Crippen molar-refractivity contribution < 1.29 is 22.7 Å². The van der Waals surface area contributed by atoms with Crippen LogP contribution in [0.1, 0.15) is 41.6 Å². The Hall–Kier alpha value is -4.47. The largest absolute Gasteiger partial charge is 0.497 e. The Morgan fingerprint density at radius 2 is 1.36 bits per heavy atom. The van der Waals surface area contributed by atoms with E-state index in [2.05, 4.69) is 10.0 Å². The van der Waals surface area contributed by atoms with Crippen LogP contribution in [0.5, 0.6) is 5.75 Å². The number of aryl methyl sites for hydroxylation is 1. The SMILES string of the molecule is CCNS(=O)(=O)c1ccc(CCC(=O)N(Cc2ccccc2)[C@H](C(=O)NCCc2ccc(OC)cc2)c2ccccc2)cc1. The normalized spacial score (nSPS) is 11.9. The van der Waals surface area contributed by atoms with Gasteiger partial charge in [0.05, 0.1) is 12.0 Å². The smallest absolute Gasteiger partial charge is 0.247 e. The number of hydrogen-bond donors (Lipinski definition) is 2.